The lowest BCUT2D eigenvalue weighted by molar-refractivity contribution is -0.151. The predicted octanol–water partition coefficient (Wildman–Crippen LogP) is 2.33. The van der Waals surface area contributed by atoms with Crippen molar-refractivity contribution in [1.29, 1.82) is 0 Å². The molecule has 92 valence electrons. The molecule has 17 heavy (non-hydrogen) atoms. The maximum atomic E-state index is 11.4. The van der Waals surface area contributed by atoms with Crippen LogP contribution >= 0.6 is 0 Å². The highest BCUT2D eigenvalue weighted by molar-refractivity contribution is 5.75. The zero-order chi connectivity index (χ0) is 12.6. The third-order valence-corrected chi connectivity index (χ3v) is 3.76. The predicted molar refractivity (Wildman–Crippen MR) is 66.9 cm³/mol. The number of carboxylic acid groups (broad SMARTS) is 1. The molecule has 0 spiro atoms. The van der Waals surface area contributed by atoms with Gasteiger partial charge in [-0.25, -0.2) is 0 Å². The lowest BCUT2D eigenvalue weighted by Crippen LogP contribution is -2.44. The lowest BCUT2D eigenvalue weighted by atomic mass is 9.76. The van der Waals surface area contributed by atoms with Gasteiger partial charge in [0.25, 0.3) is 0 Å². The molecular weight excluding hydrogens is 214 g/mol. The molecule has 1 N–H and O–H groups in total. The molecule has 3 heteroatoms. The maximum absolute atomic E-state index is 11.4. The van der Waals surface area contributed by atoms with Crippen molar-refractivity contribution in [3.8, 4) is 0 Å². The third-order valence-electron chi connectivity index (χ3n) is 3.76. The Balaban J connectivity index is 2.50. The van der Waals surface area contributed by atoms with Gasteiger partial charge in [0.1, 0.15) is 0 Å². The number of hydrogen-bond donors (Lipinski definition) is 1. The summed E-state index contributed by atoms with van der Waals surface area (Å²) < 4.78 is 0. The summed E-state index contributed by atoms with van der Waals surface area (Å²) in [5.41, 5.74) is 1.67. The summed E-state index contributed by atoms with van der Waals surface area (Å²) in [4.78, 5) is 13.6. The van der Waals surface area contributed by atoms with E-state index >= 15 is 0 Å². The Bertz CT molecular complexity index is 440. The van der Waals surface area contributed by atoms with Gasteiger partial charge in [0.2, 0.25) is 0 Å². The van der Waals surface area contributed by atoms with E-state index in [1.807, 2.05) is 19.2 Å². The first-order valence-electron chi connectivity index (χ1n) is 5.96. The number of benzene rings is 1. The molecule has 1 atom stereocenters. The Labute approximate surface area is 102 Å². The number of likely N-dealkylation sites (N-methyl/N-ethyl adjacent to an activating group) is 1. The van der Waals surface area contributed by atoms with Gasteiger partial charge in [0.15, 0.2) is 0 Å². The van der Waals surface area contributed by atoms with Crippen LogP contribution in [0.3, 0.4) is 0 Å². The number of carboxylic acids is 1. The van der Waals surface area contributed by atoms with Crippen LogP contribution < -0.4 is 0 Å². The van der Waals surface area contributed by atoms with Gasteiger partial charge in [-0.1, -0.05) is 24.3 Å². The normalized spacial score (nSPS) is 21.0. The van der Waals surface area contributed by atoms with E-state index in [2.05, 4.69) is 17.0 Å². The molecule has 0 amide bonds. The van der Waals surface area contributed by atoms with Crippen LogP contribution in [0.25, 0.3) is 0 Å². The van der Waals surface area contributed by atoms with Crippen molar-refractivity contribution in [2.24, 2.45) is 5.41 Å². The highest BCUT2D eigenvalue weighted by atomic mass is 16.4. The molecule has 0 fully saturated rings. The van der Waals surface area contributed by atoms with Crippen LogP contribution in [0.4, 0.5) is 0 Å². The molecule has 1 aromatic carbocycles. The second-order valence-electron chi connectivity index (χ2n) is 5.36. The Kier molecular flexibility index (Phi) is 2.96. The topological polar surface area (TPSA) is 40.5 Å². The SMILES string of the molecule is CN1CCc2ccccc2C1C(C)(C)C(=O)O. The zero-order valence-electron chi connectivity index (χ0n) is 10.6. The summed E-state index contributed by atoms with van der Waals surface area (Å²) in [5.74, 6) is -0.744. The first kappa shape index (κ1) is 12.1. The van der Waals surface area contributed by atoms with E-state index in [4.69, 9.17) is 0 Å². The van der Waals surface area contributed by atoms with E-state index in [-0.39, 0.29) is 6.04 Å². The zero-order valence-corrected chi connectivity index (χ0v) is 10.6. The van der Waals surface area contributed by atoms with Crippen LogP contribution in [0.15, 0.2) is 24.3 Å². The van der Waals surface area contributed by atoms with E-state index in [9.17, 15) is 9.90 Å². The van der Waals surface area contributed by atoms with Gasteiger partial charge in [-0.05, 0) is 38.4 Å². The van der Waals surface area contributed by atoms with Crippen molar-refractivity contribution in [3.05, 3.63) is 35.4 Å². The molecule has 3 nitrogen and oxygen atoms in total. The fraction of sp³-hybridized carbons (Fsp3) is 0.500. The van der Waals surface area contributed by atoms with Crippen LogP contribution in [0.2, 0.25) is 0 Å². The van der Waals surface area contributed by atoms with Crippen molar-refractivity contribution in [1.82, 2.24) is 4.90 Å². The Morgan fingerprint density at radius 1 is 1.41 bits per heavy atom. The molecule has 1 heterocycles. The number of fused-ring (bicyclic) bond motifs is 1. The molecule has 1 aliphatic rings. The number of carbonyl (C=O) groups is 1. The molecule has 1 aromatic rings. The number of hydrogen-bond acceptors (Lipinski definition) is 2. The fourth-order valence-corrected chi connectivity index (χ4v) is 2.75. The summed E-state index contributed by atoms with van der Waals surface area (Å²) in [5, 5.41) is 9.41. The van der Waals surface area contributed by atoms with Gasteiger partial charge in [-0.2, -0.15) is 0 Å². The summed E-state index contributed by atoms with van der Waals surface area (Å²) in [6, 6.07) is 8.12. The van der Waals surface area contributed by atoms with Gasteiger partial charge < -0.3 is 5.11 Å². The average molecular weight is 233 g/mol. The molecular formula is C14H19NO2. The Morgan fingerprint density at radius 3 is 2.71 bits per heavy atom. The fourth-order valence-electron chi connectivity index (χ4n) is 2.75. The van der Waals surface area contributed by atoms with Crippen molar-refractivity contribution in [2.75, 3.05) is 13.6 Å². The quantitative estimate of drug-likeness (QED) is 0.852. The van der Waals surface area contributed by atoms with Crippen LogP contribution in [0, 0.1) is 5.41 Å². The van der Waals surface area contributed by atoms with Crippen molar-refractivity contribution in [2.45, 2.75) is 26.3 Å². The summed E-state index contributed by atoms with van der Waals surface area (Å²) in [7, 11) is 2.01. The first-order valence-corrected chi connectivity index (χ1v) is 5.96. The van der Waals surface area contributed by atoms with E-state index in [0.29, 0.717) is 0 Å². The van der Waals surface area contributed by atoms with Crippen LogP contribution in [0.1, 0.15) is 31.0 Å². The molecule has 2 rings (SSSR count). The second-order valence-corrected chi connectivity index (χ2v) is 5.36. The van der Waals surface area contributed by atoms with Gasteiger partial charge in [-0.15, -0.1) is 0 Å². The molecule has 0 saturated heterocycles. The van der Waals surface area contributed by atoms with Crippen LogP contribution in [0.5, 0.6) is 0 Å². The molecule has 0 saturated carbocycles. The lowest BCUT2D eigenvalue weighted by Gasteiger charge is -2.42. The van der Waals surface area contributed by atoms with Gasteiger partial charge in [0, 0.05) is 6.54 Å². The van der Waals surface area contributed by atoms with E-state index < -0.39 is 11.4 Å². The largest absolute Gasteiger partial charge is 0.481 e. The number of aliphatic carboxylic acids is 1. The molecule has 0 aromatic heterocycles. The number of nitrogens with zero attached hydrogens (tertiary/aromatic N) is 1. The standard InChI is InChI=1S/C14H19NO2/c1-14(2,13(16)17)12-11-7-5-4-6-10(11)8-9-15(12)3/h4-7,12H,8-9H2,1-3H3,(H,16,17). The highest BCUT2D eigenvalue weighted by Gasteiger charge is 2.42. The van der Waals surface area contributed by atoms with Crippen molar-refractivity contribution in [3.63, 3.8) is 0 Å². The molecule has 0 radical (unpaired) electrons. The first-order chi connectivity index (χ1) is 7.94. The summed E-state index contributed by atoms with van der Waals surface area (Å²) >= 11 is 0. The highest BCUT2D eigenvalue weighted by Crippen LogP contribution is 2.41. The third kappa shape index (κ3) is 1.95. The van der Waals surface area contributed by atoms with Crippen molar-refractivity contribution < 1.29 is 9.90 Å². The molecule has 1 aliphatic heterocycles. The smallest absolute Gasteiger partial charge is 0.311 e. The van der Waals surface area contributed by atoms with E-state index in [1.54, 1.807) is 13.8 Å². The minimum Gasteiger partial charge on any atom is -0.481 e. The monoisotopic (exact) mass is 233 g/mol. The molecule has 1 unspecified atom stereocenters. The summed E-state index contributed by atoms with van der Waals surface area (Å²) in [6.45, 7) is 4.52. The van der Waals surface area contributed by atoms with Gasteiger partial charge in [-0.3, -0.25) is 9.69 Å². The van der Waals surface area contributed by atoms with Gasteiger partial charge in [0.05, 0.1) is 11.5 Å². The van der Waals surface area contributed by atoms with E-state index in [1.165, 1.54) is 5.56 Å². The Hall–Kier alpha value is -1.35. The Morgan fingerprint density at radius 2 is 2.06 bits per heavy atom. The van der Waals surface area contributed by atoms with Crippen molar-refractivity contribution >= 4 is 5.97 Å². The minimum atomic E-state index is -0.773. The molecule has 0 bridgehead atoms. The van der Waals surface area contributed by atoms with Crippen LogP contribution in [-0.4, -0.2) is 29.6 Å². The summed E-state index contributed by atoms with van der Waals surface area (Å²) in [6.07, 6.45) is 0.999. The van der Waals surface area contributed by atoms with Gasteiger partial charge >= 0.3 is 5.97 Å². The maximum Gasteiger partial charge on any atom is 0.311 e. The minimum absolute atomic E-state index is 0.0510. The second kappa shape index (κ2) is 4.15. The number of rotatable bonds is 2. The van der Waals surface area contributed by atoms with E-state index in [0.717, 1.165) is 18.5 Å². The molecule has 0 aliphatic carbocycles. The average Bonchev–Trinajstić information content (AvgIpc) is 2.28. The van der Waals surface area contributed by atoms with Crippen LogP contribution in [-0.2, 0) is 11.2 Å².